The van der Waals surface area contributed by atoms with Gasteiger partial charge >= 0.3 is 0 Å². The molecule has 0 aliphatic carbocycles. The summed E-state index contributed by atoms with van der Waals surface area (Å²) in [4.78, 5) is 6.15. The zero-order valence-electron chi connectivity index (χ0n) is 14.5. The van der Waals surface area contributed by atoms with Crippen molar-refractivity contribution in [1.29, 1.82) is 0 Å². The molecule has 0 radical (unpaired) electrons. The van der Waals surface area contributed by atoms with Gasteiger partial charge in [-0.05, 0) is 45.4 Å². The van der Waals surface area contributed by atoms with Crippen molar-refractivity contribution in [2.24, 2.45) is 10.7 Å². The van der Waals surface area contributed by atoms with Crippen LogP contribution in [-0.2, 0) is 5.66 Å². The predicted molar refractivity (Wildman–Crippen MR) is 102 cm³/mol. The minimum atomic E-state index is -0.977. The van der Waals surface area contributed by atoms with E-state index in [1.54, 1.807) is 11.3 Å². The molecule has 3 aromatic rings. The summed E-state index contributed by atoms with van der Waals surface area (Å²) >= 11 is 7.78. The molecule has 4 rings (SSSR count). The number of rotatable bonds is 1. The fourth-order valence-electron chi connectivity index (χ4n) is 3.13. The second kappa shape index (κ2) is 5.49. The van der Waals surface area contributed by atoms with E-state index >= 15 is 0 Å². The van der Waals surface area contributed by atoms with Gasteiger partial charge in [-0.1, -0.05) is 23.7 Å². The summed E-state index contributed by atoms with van der Waals surface area (Å²) in [5.74, 6) is 1.46. The van der Waals surface area contributed by atoms with E-state index in [1.165, 1.54) is 10.4 Å². The summed E-state index contributed by atoms with van der Waals surface area (Å²) in [5.41, 5.74) is 9.71. The molecule has 1 aromatic carbocycles. The van der Waals surface area contributed by atoms with Crippen molar-refractivity contribution in [2.45, 2.75) is 33.4 Å². The van der Waals surface area contributed by atoms with Crippen molar-refractivity contribution in [2.75, 3.05) is 0 Å². The Kier molecular flexibility index (Phi) is 3.61. The Labute approximate surface area is 155 Å². The van der Waals surface area contributed by atoms with Crippen LogP contribution in [0.4, 0.5) is 0 Å². The molecule has 1 unspecified atom stereocenters. The van der Waals surface area contributed by atoms with Gasteiger partial charge in [-0.3, -0.25) is 9.56 Å². The maximum Gasteiger partial charge on any atom is 0.180 e. The van der Waals surface area contributed by atoms with Crippen LogP contribution in [0.1, 0.15) is 40.1 Å². The SMILES string of the molecule is Cc1sc2c(c1C)C(c1ccc(Cl)cc1)=NC(C)(N)c1nnc(C)n1-2. The Morgan fingerprint density at radius 2 is 1.80 bits per heavy atom. The number of fused-ring (bicyclic) bond motifs is 3. The monoisotopic (exact) mass is 371 g/mol. The zero-order chi connectivity index (χ0) is 17.9. The molecule has 0 saturated heterocycles. The van der Waals surface area contributed by atoms with E-state index in [0.717, 1.165) is 27.7 Å². The lowest BCUT2D eigenvalue weighted by atomic mass is 9.99. The fourth-order valence-corrected chi connectivity index (χ4v) is 4.47. The number of hydrogen-bond acceptors (Lipinski definition) is 5. The van der Waals surface area contributed by atoms with Crippen LogP contribution in [0, 0.1) is 20.8 Å². The third-order valence-electron chi connectivity index (χ3n) is 4.55. The zero-order valence-corrected chi connectivity index (χ0v) is 16.0. The summed E-state index contributed by atoms with van der Waals surface area (Å²) in [5, 5.41) is 10.3. The normalized spacial score (nSPS) is 19.2. The Balaban J connectivity index is 2.09. The first kappa shape index (κ1) is 16.4. The van der Waals surface area contributed by atoms with E-state index in [-0.39, 0.29) is 0 Å². The molecule has 0 fully saturated rings. The van der Waals surface area contributed by atoms with Crippen molar-refractivity contribution in [1.82, 2.24) is 14.8 Å². The number of hydrogen-bond donors (Lipinski definition) is 1. The first-order valence-corrected chi connectivity index (χ1v) is 9.17. The molecule has 7 heteroatoms. The number of halogens is 1. The van der Waals surface area contributed by atoms with E-state index in [2.05, 4.69) is 24.0 Å². The Hall–Kier alpha value is -2.02. The van der Waals surface area contributed by atoms with Gasteiger partial charge in [0.05, 0.1) is 5.71 Å². The first-order valence-electron chi connectivity index (χ1n) is 7.97. The fraction of sp³-hybridized carbons (Fsp3) is 0.278. The summed E-state index contributed by atoms with van der Waals surface area (Å²) in [6.45, 7) is 8.04. The van der Waals surface area contributed by atoms with Gasteiger partial charge in [-0.15, -0.1) is 21.5 Å². The highest BCUT2D eigenvalue weighted by atomic mass is 35.5. The molecule has 3 heterocycles. The average Bonchev–Trinajstić information content (AvgIpc) is 3.04. The lowest BCUT2D eigenvalue weighted by molar-refractivity contribution is 0.481. The van der Waals surface area contributed by atoms with Crippen LogP contribution in [0.3, 0.4) is 0 Å². The van der Waals surface area contributed by atoms with E-state index < -0.39 is 5.66 Å². The number of benzene rings is 1. The van der Waals surface area contributed by atoms with Gasteiger partial charge in [-0.25, -0.2) is 0 Å². The van der Waals surface area contributed by atoms with Crippen molar-refractivity contribution < 1.29 is 0 Å². The Morgan fingerprint density at radius 3 is 2.48 bits per heavy atom. The van der Waals surface area contributed by atoms with Crippen LogP contribution in [-0.4, -0.2) is 20.5 Å². The minimum Gasteiger partial charge on any atom is -0.301 e. The Morgan fingerprint density at radius 1 is 1.12 bits per heavy atom. The largest absolute Gasteiger partial charge is 0.301 e. The summed E-state index contributed by atoms with van der Waals surface area (Å²) in [7, 11) is 0. The van der Waals surface area contributed by atoms with E-state index in [9.17, 15) is 0 Å². The second-order valence-corrected chi connectivity index (χ2v) is 8.12. The lowest BCUT2D eigenvalue weighted by Crippen LogP contribution is -2.34. The Bertz CT molecular complexity index is 1010. The summed E-state index contributed by atoms with van der Waals surface area (Å²) in [6, 6.07) is 7.70. The maximum atomic E-state index is 6.55. The molecule has 0 spiro atoms. The molecule has 1 aliphatic rings. The van der Waals surface area contributed by atoms with Gasteiger partial charge in [-0.2, -0.15) is 0 Å². The van der Waals surface area contributed by atoms with Crippen LogP contribution in [0.25, 0.3) is 5.00 Å². The third-order valence-corrected chi connectivity index (χ3v) is 5.99. The van der Waals surface area contributed by atoms with Crippen LogP contribution in [0.5, 0.6) is 0 Å². The lowest BCUT2D eigenvalue weighted by Gasteiger charge is -2.18. The predicted octanol–water partition coefficient (Wildman–Crippen LogP) is 3.89. The highest BCUT2D eigenvalue weighted by molar-refractivity contribution is 7.15. The van der Waals surface area contributed by atoms with E-state index in [0.29, 0.717) is 10.8 Å². The summed E-state index contributed by atoms with van der Waals surface area (Å²) in [6.07, 6.45) is 0. The van der Waals surface area contributed by atoms with E-state index in [4.69, 9.17) is 22.3 Å². The van der Waals surface area contributed by atoms with Crippen molar-refractivity contribution >= 4 is 28.6 Å². The smallest absolute Gasteiger partial charge is 0.180 e. The highest BCUT2D eigenvalue weighted by Gasteiger charge is 2.36. The molecule has 0 amide bonds. The number of aryl methyl sites for hydroxylation is 2. The van der Waals surface area contributed by atoms with E-state index in [1.807, 2.05) is 42.7 Å². The molecule has 2 aromatic heterocycles. The molecule has 1 atom stereocenters. The van der Waals surface area contributed by atoms with Gasteiger partial charge in [0.15, 0.2) is 11.5 Å². The standard InChI is InChI=1S/C18H18ClN5S/c1-9-10(2)25-16-14(9)15(12-5-7-13(19)8-6-12)21-18(4,20)17-23-22-11(3)24(16)17/h5-8H,20H2,1-4H3. The van der Waals surface area contributed by atoms with Gasteiger partial charge in [0, 0.05) is 21.0 Å². The average molecular weight is 372 g/mol. The van der Waals surface area contributed by atoms with Crippen molar-refractivity contribution in [3.8, 4) is 5.00 Å². The molecule has 25 heavy (non-hydrogen) atoms. The highest BCUT2D eigenvalue weighted by Crippen LogP contribution is 2.39. The molecule has 0 bridgehead atoms. The van der Waals surface area contributed by atoms with Gasteiger partial charge in [0.25, 0.3) is 0 Å². The second-order valence-electron chi connectivity index (χ2n) is 6.48. The molecule has 1 aliphatic heterocycles. The molecule has 0 saturated carbocycles. The first-order chi connectivity index (χ1) is 11.8. The number of thiophene rings is 1. The number of nitrogens with two attached hydrogens (primary N) is 1. The van der Waals surface area contributed by atoms with Crippen LogP contribution in [0.2, 0.25) is 5.02 Å². The minimum absolute atomic E-state index is 0.650. The molecule has 128 valence electrons. The topological polar surface area (TPSA) is 69.1 Å². The maximum absolute atomic E-state index is 6.55. The number of aliphatic imine (C=N–C) groups is 1. The number of nitrogens with zero attached hydrogens (tertiary/aromatic N) is 4. The van der Waals surface area contributed by atoms with Gasteiger partial charge < -0.3 is 5.73 Å². The quantitative estimate of drug-likeness (QED) is 0.705. The molecular weight excluding hydrogens is 354 g/mol. The van der Waals surface area contributed by atoms with Crippen LogP contribution >= 0.6 is 22.9 Å². The molecule has 5 nitrogen and oxygen atoms in total. The van der Waals surface area contributed by atoms with Gasteiger partial charge in [0.2, 0.25) is 0 Å². The number of aromatic nitrogens is 3. The summed E-state index contributed by atoms with van der Waals surface area (Å²) < 4.78 is 2.03. The molecule has 2 N–H and O–H groups in total. The van der Waals surface area contributed by atoms with Crippen molar-refractivity contribution in [3.63, 3.8) is 0 Å². The molecular formula is C18H18ClN5S. The van der Waals surface area contributed by atoms with Crippen molar-refractivity contribution in [3.05, 3.63) is 62.5 Å². The van der Waals surface area contributed by atoms with Crippen LogP contribution < -0.4 is 5.73 Å². The van der Waals surface area contributed by atoms with Gasteiger partial charge in [0.1, 0.15) is 10.8 Å². The third kappa shape index (κ3) is 2.44. The van der Waals surface area contributed by atoms with Crippen LogP contribution in [0.15, 0.2) is 29.3 Å².